The Labute approximate surface area is 159 Å². The SMILES string of the molecule is COc1ccc(OCC(=O)N2CCO[C@H](COc3ccc(C)cc3)C2)cc1. The van der Waals surface area contributed by atoms with Gasteiger partial charge in [-0.1, -0.05) is 17.7 Å². The van der Waals surface area contributed by atoms with Crippen LogP contribution >= 0.6 is 0 Å². The summed E-state index contributed by atoms with van der Waals surface area (Å²) in [6.45, 7) is 3.99. The summed E-state index contributed by atoms with van der Waals surface area (Å²) in [5, 5.41) is 0. The van der Waals surface area contributed by atoms with Gasteiger partial charge in [0.1, 0.15) is 30.0 Å². The molecule has 1 heterocycles. The van der Waals surface area contributed by atoms with Gasteiger partial charge in [-0.3, -0.25) is 4.79 Å². The molecule has 0 bridgehead atoms. The third kappa shape index (κ3) is 5.62. The third-order valence-electron chi connectivity index (χ3n) is 4.37. The van der Waals surface area contributed by atoms with Crippen molar-refractivity contribution in [3.8, 4) is 17.2 Å². The smallest absolute Gasteiger partial charge is 0.260 e. The summed E-state index contributed by atoms with van der Waals surface area (Å²) in [6.07, 6.45) is -0.148. The maximum absolute atomic E-state index is 12.4. The normalized spacial score (nSPS) is 16.7. The molecular formula is C21H25NO5. The summed E-state index contributed by atoms with van der Waals surface area (Å²) < 4.78 is 22.2. The second kappa shape index (κ2) is 9.28. The number of hydrogen-bond donors (Lipinski definition) is 0. The molecule has 0 N–H and O–H groups in total. The first-order valence-electron chi connectivity index (χ1n) is 9.00. The van der Waals surface area contributed by atoms with Crippen molar-refractivity contribution in [2.75, 3.05) is 40.0 Å². The second-order valence-corrected chi connectivity index (χ2v) is 6.42. The minimum Gasteiger partial charge on any atom is -0.497 e. The highest BCUT2D eigenvalue weighted by molar-refractivity contribution is 5.77. The highest BCUT2D eigenvalue weighted by atomic mass is 16.5. The Balaban J connectivity index is 1.44. The van der Waals surface area contributed by atoms with Crippen LogP contribution in [0.25, 0.3) is 0 Å². The lowest BCUT2D eigenvalue weighted by Crippen LogP contribution is -2.49. The zero-order valence-electron chi connectivity index (χ0n) is 15.7. The van der Waals surface area contributed by atoms with Crippen molar-refractivity contribution in [1.29, 1.82) is 0 Å². The lowest BCUT2D eigenvalue weighted by Gasteiger charge is -2.32. The molecule has 0 aromatic heterocycles. The van der Waals surface area contributed by atoms with E-state index in [-0.39, 0.29) is 18.6 Å². The zero-order chi connectivity index (χ0) is 19.1. The van der Waals surface area contributed by atoms with E-state index >= 15 is 0 Å². The molecule has 6 heteroatoms. The number of nitrogens with zero attached hydrogens (tertiary/aromatic N) is 1. The topological polar surface area (TPSA) is 57.2 Å². The Hall–Kier alpha value is -2.73. The highest BCUT2D eigenvalue weighted by Gasteiger charge is 2.25. The first kappa shape index (κ1) is 19.0. The summed E-state index contributed by atoms with van der Waals surface area (Å²) in [6, 6.07) is 15.0. The van der Waals surface area contributed by atoms with Crippen LogP contribution < -0.4 is 14.2 Å². The number of carbonyl (C=O) groups excluding carboxylic acids is 1. The van der Waals surface area contributed by atoms with Crippen LogP contribution in [0, 0.1) is 6.92 Å². The van der Waals surface area contributed by atoms with Crippen molar-refractivity contribution in [1.82, 2.24) is 4.90 Å². The molecule has 27 heavy (non-hydrogen) atoms. The first-order chi connectivity index (χ1) is 13.1. The van der Waals surface area contributed by atoms with E-state index in [4.69, 9.17) is 18.9 Å². The molecule has 1 aliphatic rings. The Morgan fingerprint density at radius 1 is 1.04 bits per heavy atom. The minimum atomic E-state index is -0.148. The summed E-state index contributed by atoms with van der Waals surface area (Å²) in [7, 11) is 1.61. The van der Waals surface area contributed by atoms with Crippen LogP contribution in [0.3, 0.4) is 0 Å². The van der Waals surface area contributed by atoms with Gasteiger partial charge >= 0.3 is 0 Å². The van der Waals surface area contributed by atoms with E-state index in [2.05, 4.69) is 0 Å². The molecule has 1 amide bonds. The van der Waals surface area contributed by atoms with Crippen molar-refractivity contribution in [3.05, 3.63) is 54.1 Å². The lowest BCUT2D eigenvalue weighted by atomic mass is 10.2. The minimum absolute atomic E-state index is 0.00212. The number of ether oxygens (including phenoxy) is 4. The van der Waals surface area contributed by atoms with Gasteiger partial charge in [0.05, 0.1) is 20.3 Å². The highest BCUT2D eigenvalue weighted by Crippen LogP contribution is 2.17. The van der Waals surface area contributed by atoms with Crippen LogP contribution in [0.1, 0.15) is 5.56 Å². The Bertz CT molecular complexity index is 729. The summed E-state index contributed by atoms with van der Waals surface area (Å²) in [4.78, 5) is 14.2. The monoisotopic (exact) mass is 371 g/mol. The number of methoxy groups -OCH3 is 1. The standard InChI is InChI=1S/C21H25NO5/c1-16-3-5-18(6-4-16)26-14-20-13-22(11-12-25-20)21(23)15-27-19-9-7-17(24-2)8-10-19/h3-10,20H,11-15H2,1-2H3/t20-/m0/s1. The van der Waals surface area contributed by atoms with Gasteiger partial charge in [-0.15, -0.1) is 0 Å². The molecule has 1 saturated heterocycles. The summed E-state index contributed by atoms with van der Waals surface area (Å²) in [5.41, 5.74) is 1.19. The predicted octanol–water partition coefficient (Wildman–Crippen LogP) is 2.69. The number of amides is 1. The quantitative estimate of drug-likeness (QED) is 0.749. The van der Waals surface area contributed by atoms with Gasteiger partial charge in [0.2, 0.25) is 0 Å². The van der Waals surface area contributed by atoms with Crippen LogP contribution in [0.4, 0.5) is 0 Å². The molecule has 0 spiro atoms. The van der Waals surface area contributed by atoms with E-state index < -0.39 is 0 Å². The largest absolute Gasteiger partial charge is 0.497 e. The van der Waals surface area contributed by atoms with Crippen LogP contribution in [-0.4, -0.2) is 56.9 Å². The fourth-order valence-electron chi connectivity index (χ4n) is 2.78. The molecule has 2 aromatic carbocycles. The molecule has 0 unspecified atom stereocenters. The molecule has 0 radical (unpaired) electrons. The fourth-order valence-corrected chi connectivity index (χ4v) is 2.78. The van der Waals surface area contributed by atoms with Gasteiger partial charge in [0.15, 0.2) is 6.61 Å². The number of benzene rings is 2. The molecule has 1 fully saturated rings. The zero-order valence-corrected chi connectivity index (χ0v) is 15.7. The maximum Gasteiger partial charge on any atom is 0.260 e. The molecule has 144 valence electrons. The van der Waals surface area contributed by atoms with E-state index in [1.807, 2.05) is 31.2 Å². The molecule has 1 atom stereocenters. The Morgan fingerprint density at radius 3 is 2.37 bits per heavy atom. The number of carbonyl (C=O) groups is 1. The van der Waals surface area contributed by atoms with Gasteiger partial charge < -0.3 is 23.8 Å². The van der Waals surface area contributed by atoms with E-state index in [1.165, 1.54) is 5.56 Å². The van der Waals surface area contributed by atoms with Gasteiger partial charge in [-0.25, -0.2) is 0 Å². The van der Waals surface area contributed by atoms with E-state index in [1.54, 1.807) is 36.3 Å². The van der Waals surface area contributed by atoms with Crippen molar-refractivity contribution in [3.63, 3.8) is 0 Å². The molecular weight excluding hydrogens is 346 g/mol. The average molecular weight is 371 g/mol. The molecule has 6 nitrogen and oxygen atoms in total. The molecule has 0 aliphatic carbocycles. The van der Waals surface area contributed by atoms with Crippen LogP contribution in [0.15, 0.2) is 48.5 Å². The Kier molecular flexibility index (Phi) is 6.54. The predicted molar refractivity (Wildman–Crippen MR) is 101 cm³/mol. The number of morpholine rings is 1. The van der Waals surface area contributed by atoms with Gasteiger partial charge in [0, 0.05) is 6.54 Å². The summed E-state index contributed by atoms with van der Waals surface area (Å²) in [5.74, 6) is 2.12. The van der Waals surface area contributed by atoms with E-state index in [0.717, 1.165) is 11.5 Å². The fraction of sp³-hybridized carbons (Fsp3) is 0.381. The number of rotatable bonds is 7. The Morgan fingerprint density at radius 2 is 1.67 bits per heavy atom. The number of hydrogen-bond acceptors (Lipinski definition) is 5. The van der Waals surface area contributed by atoms with Crippen LogP contribution in [0.2, 0.25) is 0 Å². The lowest BCUT2D eigenvalue weighted by molar-refractivity contribution is -0.142. The number of aryl methyl sites for hydroxylation is 1. The van der Waals surface area contributed by atoms with Gasteiger partial charge in [-0.05, 0) is 43.3 Å². The van der Waals surface area contributed by atoms with Crippen LogP contribution in [0.5, 0.6) is 17.2 Å². The van der Waals surface area contributed by atoms with Crippen molar-refractivity contribution < 1.29 is 23.7 Å². The molecule has 1 aliphatic heterocycles. The van der Waals surface area contributed by atoms with E-state index in [0.29, 0.717) is 32.1 Å². The molecule has 0 saturated carbocycles. The third-order valence-corrected chi connectivity index (χ3v) is 4.37. The van der Waals surface area contributed by atoms with Crippen LogP contribution in [-0.2, 0) is 9.53 Å². The van der Waals surface area contributed by atoms with Crippen molar-refractivity contribution in [2.24, 2.45) is 0 Å². The maximum atomic E-state index is 12.4. The van der Waals surface area contributed by atoms with Crippen molar-refractivity contribution in [2.45, 2.75) is 13.0 Å². The molecule has 3 rings (SSSR count). The van der Waals surface area contributed by atoms with E-state index in [9.17, 15) is 4.79 Å². The van der Waals surface area contributed by atoms with Gasteiger partial charge in [-0.2, -0.15) is 0 Å². The molecule has 2 aromatic rings. The first-order valence-corrected chi connectivity index (χ1v) is 9.00. The van der Waals surface area contributed by atoms with Crippen molar-refractivity contribution >= 4 is 5.91 Å². The summed E-state index contributed by atoms with van der Waals surface area (Å²) >= 11 is 0. The second-order valence-electron chi connectivity index (χ2n) is 6.42. The van der Waals surface area contributed by atoms with Gasteiger partial charge in [0.25, 0.3) is 5.91 Å². The average Bonchev–Trinajstić information content (AvgIpc) is 2.72.